The van der Waals surface area contributed by atoms with Crippen LogP contribution in [-0.2, 0) is 0 Å². The minimum Gasteiger partial charge on any atom is -0.320 e. The van der Waals surface area contributed by atoms with Gasteiger partial charge in [0.05, 0.1) is 5.52 Å². The van der Waals surface area contributed by atoms with Crippen LogP contribution >= 0.6 is 11.3 Å². The Morgan fingerprint density at radius 1 is 1.26 bits per heavy atom. The third kappa shape index (κ3) is 2.73. The van der Waals surface area contributed by atoms with Gasteiger partial charge in [-0.15, -0.1) is 11.3 Å². The smallest absolute Gasteiger partial charge is 0.320 e. The monoisotopic (exact) mass is 324 g/mol. The number of hydrogen-bond donors (Lipinski definition) is 2. The van der Waals surface area contributed by atoms with E-state index in [2.05, 4.69) is 39.1 Å². The molecule has 0 bridgehead atoms. The Labute approximate surface area is 137 Å². The molecule has 3 heterocycles. The number of carbonyl (C=O) groups excluding carboxylic acids is 1. The summed E-state index contributed by atoms with van der Waals surface area (Å²) in [6, 6.07) is 11.8. The molecule has 2 amide bonds. The van der Waals surface area contributed by atoms with Gasteiger partial charge in [-0.25, -0.2) is 4.79 Å². The number of nitrogens with one attached hydrogen (secondary N) is 2. The molecule has 0 spiro atoms. The molecule has 0 radical (unpaired) electrons. The minimum absolute atomic E-state index is 0.108. The Kier molecular flexibility index (Phi) is 3.59. The second-order valence-electron chi connectivity index (χ2n) is 5.45. The Bertz CT molecular complexity index is 866. The van der Waals surface area contributed by atoms with Gasteiger partial charge in [0.1, 0.15) is 0 Å². The Morgan fingerprint density at radius 2 is 2.17 bits per heavy atom. The van der Waals surface area contributed by atoms with E-state index in [9.17, 15) is 4.79 Å². The molecule has 0 fully saturated rings. The first-order valence-electron chi connectivity index (χ1n) is 7.53. The van der Waals surface area contributed by atoms with E-state index in [0.29, 0.717) is 12.4 Å². The molecule has 4 rings (SSSR count). The van der Waals surface area contributed by atoms with Crippen LogP contribution in [0.3, 0.4) is 0 Å². The van der Waals surface area contributed by atoms with E-state index in [1.807, 2.05) is 24.3 Å². The molecular weight excluding hydrogens is 308 g/mol. The van der Waals surface area contributed by atoms with Crippen molar-refractivity contribution in [3.05, 3.63) is 52.7 Å². The lowest BCUT2D eigenvalue weighted by Gasteiger charge is -2.26. The number of hydrogen-bond acceptors (Lipinski definition) is 3. The molecule has 6 heteroatoms. The molecule has 116 valence electrons. The number of nitrogens with zero attached hydrogens (tertiary/aromatic N) is 2. The number of H-pyrrole nitrogens is 1. The lowest BCUT2D eigenvalue weighted by atomic mass is 10.1. The predicted octanol–water partition coefficient (Wildman–Crippen LogP) is 3.95. The number of amides is 2. The first-order valence-corrected chi connectivity index (χ1v) is 8.41. The average Bonchev–Trinajstić information content (AvgIpc) is 3.25. The topological polar surface area (TPSA) is 61.0 Å². The van der Waals surface area contributed by atoms with Gasteiger partial charge >= 0.3 is 6.03 Å². The van der Waals surface area contributed by atoms with Crippen LogP contribution in [0.2, 0.25) is 0 Å². The summed E-state index contributed by atoms with van der Waals surface area (Å²) in [5, 5.41) is 13.0. The van der Waals surface area contributed by atoms with Gasteiger partial charge < -0.3 is 4.90 Å². The summed E-state index contributed by atoms with van der Waals surface area (Å²) < 4.78 is 0. The van der Waals surface area contributed by atoms with E-state index in [1.165, 1.54) is 10.5 Å². The van der Waals surface area contributed by atoms with Crippen molar-refractivity contribution in [1.82, 2.24) is 15.1 Å². The van der Waals surface area contributed by atoms with Crippen LogP contribution in [0, 0.1) is 0 Å². The molecule has 0 atom stereocenters. The lowest BCUT2D eigenvalue weighted by Crippen LogP contribution is -2.37. The number of carbonyl (C=O) groups is 1. The molecule has 0 unspecified atom stereocenters. The third-order valence-electron chi connectivity index (χ3n) is 4.03. The maximum atomic E-state index is 12.4. The molecule has 0 aliphatic carbocycles. The molecule has 1 aliphatic heterocycles. The van der Waals surface area contributed by atoms with Crippen LogP contribution in [0.5, 0.6) is 0 Å². The summed E-state index contributed by atoms with van der Waals surface area (Å²) in [7, 11) is 0. The van der Waals surface area contributed by atoms with Gasteiger partial charge in [0.25, 0.3) is 0 Å². The van der Waals surface area contributed by atoms with Gasteiger partial charge in [-0.3, -0.25) is 10.4 Å². The van der Waals surface area contributed by atoms with E-state index in [4.69, 9.17) is 0 Å². The lowest BCUT2D eigenvalue weighted by molar-refractivity contribution is 0.217. The molecule has 5 nitrogen and oxygen atoms in total. The maximum Gasteiger partial charge on any atom is 0.323 e. The summed E-state index contributed by atoms with van der Waals surface area (Å²) in [6.45, 7) is 1.35. The molecule has 2 N–H and O–H groups in total. The summed E-state index contributed by atoms with van der Waals surface area (Å²) in [4.78, 5) is 15.5. The van der Waals surface area contributed by atoms with E-state index >= 15 is 0 Å². The van der Waals surface area contributed by atoms with Crippen molar-refractivity contribution in [2.45, 2.75) is 6.42 Å². The second-order valence-corrected chi connectivity index (χ2v) is 6.40. The highest BCUT2D eigenvalue weighted by atomic mass is 32.1. The van der Waals surface area contributed by atoms with Gasteiger partial charge in [-0.1, -0.05) is 24.3 Å². The van der Waals surface area contributed by atoms with Crippen molar-refractivity contribution in [2.75, 3.05) is 18.4 Å². The van der Waals surface area contributed by atoms with Crippen molar-refractivity contribution in [3.8, 4) is 0 Å². The highest BCUT2D eigenvalue weighted by Crippen LogP contribution is 2.26. The van der Waals surface area contributed by atoms with E-state index in [-0.39, 0.29) is 6.03 Å². The van der Waals surface area contributed by atoms with Crippen molar-refractivity contribution in [1.29, 1.82) is 0 Å². The van der Waals surface area contributed by atoms with Crippen LogP contribution in [0.15, 0.2) is 47.9 Å². The van der Waals surface area contributed by atoms with Gasteiger partial charge in [-0.05, 0) is 35.6 Å². The van der Waals surface area contributed by atoms with Crippen LogP contribution in [0.1, 0.15) is 11.3 Å². The van der Waals surface area contributed by atoms with E-state index in [0.717, 1.165) is 23.9 Å². The number of fused-ring (bicyclic) bond motifs is 1. The Balaban J connectivity index is 1.46. The number of rotatable bonds is 2. The predicted molar refractivity (Wildman–Crippen MR) is 93.6 cm³/mol. The summed E-state index contributed by atoms with van der Waals surface area (Å²) in [5.41, 5.74) is 2.25. The largest absolute Gasteiger partial charge is 0.323 e. The zero-order chi connectivity index (χ0) is 15.6. The van der Waals surface area contributed by atoms with Crippen LogP contribution < -0.4 is 5.32 Å². The quantitative estimate of drug-likeness (QED) is 0.750. The molecular formula is C17H16N4OS. The molecule has 3 aromatic rings. The number of urea groups is 1. The fourth-order valence-electron chi connectivity index (χ4n) is 2.78. The highest BCUT2D eigenvalue weighted by molar-refractivity contribution is 7.11. The van der Waals surface area contributed by atoms with Crippen molar-refractivity contribution < 1.29 is 4.79 Å². The third-order valence-corrected chi connectivity index (χ3v) is 4.98. The maximum absolute atomic E-state index is 12.4. The number of thiophene rings is 1. The molecule has 0 saturated carbocycles. The Morgan fingerprint density at radius 3 is 2.96 bits per heavy atom. The van der Waals surface area contributed by atoms with Gasteiger partial charge in [-0.2, -0.15) is 5.10 Å². The van der Waals surface area contributed by atoms with Crippen molar-refractivity contribution >= 4 is 39.7 Å². The van der Waals surface area contributed by atoms with Gasteiger partial charge in [0.15, 0.2) is 5.82 Å². The van der Waals surface area contributed by atoms with Crippen LogP contribution in [-0.4, -0.2) is 34.2 Å². The van der Waals surface area contributed by atoms with Gasteiger partial charge in [0, 0.05) is 23.4 Å². The number of benzene rings is 1. The van der Waals surface area contributed by atoms with Crippen molar-refractivity contribution in [2.24, 2.45) is 0 Å². The normalized spacial score (nSPS) is 14.8. The number of aromatic nitrogens is 2. The first-order chi connectivity index (χ1) is 11.3. The number of para-hydroxylation sites is 1. The molecule has 1 aromatic carbocycles. The molecule has 23 heavy (non-hydrogen) atoms. The average molecular weight is 324 g/mol. The zero-order valence-electron chi connectivity index (χ0n) is 12.5. The molecule has 2 aromatic heterocycles. The second kappa shape index (κ2) is 5.89. The summed E-state index contributed by atoms with van der Waals surface area (Å²) in [5.74, 6) is 0.582. The van der Waals surface area contributed by atoms with Gasteiger partial charge in [0.2, 0.25) is 0 Å². The highest BCUT2D eigenvalue weighted by Gasteiger charge is 2.19. The van der Waals surface area contributed by atoms with Crippen LogP contribution in [0.4, 0.5) is 10.6 Å². The molecule has 0 saturated heterocycles. The Hall–Kier alpha value is -2.60. The summed E-state index contributed by atoms with van der Waals surface area (Å²) in [6.07, 6.45) is 3.02. The SMILES string of the molecule is O=C(Nc1n[nH]c2ccccc12)N1CC=C(c2cccs2)CC1. The minimum atomic E-state index is -0.108. The van der Waals surface area contributed by atoms with E-state index < -0.39 is 0 Å². The van der Waals surface area contributed by atoms with Crippen molar-refractivity contribution in [3.63, 3.8) is 0 Å². The fourth-order valence-corrected chi connectivity index (χ4v) is 3.58. The van der Waals surface area contributed by atoms with Crippen LogP contribution in [0.25, 0.3) is 16.5 Å². The number of aromatic amines is 1. The summed E-state index contributed by atoms with van der Waals surface area (Å²) >= 11 is 1.74. The zero-order valence-corrected chi connectivity index (χ0v) is 13.3. The standard InChI is InChI=1S/C17H16N4OS/c22-17(18-16-13-4-1-2-5-14(13)19-20-16)21-9-7-12(8-10-21)15-6-3-11-23-15/h1-7,11H,8-10H2,(H2,18,19,20,22). The molecule has 1 aliphatic rings. The van der Waals surface area contributed by atoms with E-state index in [1.54, 1.807) is 16.2 Å². The first kappa shape index (κ1) is 14.0. The fraction of sp³-hybridized carbons (Fsp3) is 0.176. The number of anilines is 1.